The summed E-state index contributed by atoms with van der Waals surface area (Å²) in [6.07, 6.45) is 0. The van der Waals surface area contributed by atoms with E-state index >= 15 is 0 Å². The van der Waals surface area contributed by atoms with Crippen LogP contribution in [0.3, 0.4) is 0 Å². The second-order valence-electron chi connectivity index (χ2n) is 15.1. The van der Waals surface area contributed by atoms with Crippen molar-refractivity contribution in [2.45, 2.75) is 0 Å². The van der Waals surface area contributed by atoms with Crippen LogP contribution in [-0.4, -0.2) is 0 Å². The van der Waals surface area contributed by atoms with Gasteiger partial charge in [0.1, 0.15) is 11.2 Å². The molecule has 0 unspecified atom stereocenters. The van der Waals surface area contributed by atoms with Gasteiger partial charge in [-0.3, -0.25) is 0 Å². The lowest BCUT2D eigenvalue weighted by molar-refractivity contribution is 0.669. The molecule has 0 atom stereocenters. The maximum atomic E-state index is 6.82. The van der Waals surface area contributed by atoms with Crippen LogP contribution in [0, 0.1) is 0 Å². The number of hydrogen-bond donors (Lipinski definition) is 0. The molecule has 1 heterocycles. The van der Waals surface area contributed by atoms with E-state index in [-0.39, 0.29) is 0 Å². The minimum atomic E-state index is 0.893. The van der Waals surface area contributed by atoms with E-state index in [0.29, 0.717) is 0 Å². The molecule has 11 aromatic carbocycles. The van der Waals surface area contributed by atoms with E-state index in [1.165, 1.54) is 87.2 Å². The molecule has 0 saturated carbocycles. The molecule has 57 heavy (non-hydrogen) atoms. The molecule has 0 saturated heterocycles. The largest absolute Gasteiger partial charge is 0.456 e. The van der Waals surface area contributed by atoms with Crippen LogP contribution < -0.4 is 0 Å². The van der Waals surface area contributed by atoms with Crippen molar-refractivity contribution in [1.29, 1.82) is 0 Å². The molecule has 1 nitrogen and oxygen atoms in total. The Kier molecular flexibility index (Phi) is 7.00. The van der Waals surface area contributed by atoms with Gasteiger partial charge in [0.15, 0.2) is 0 Å². The SMILES string of the molecule is c1ccc(-c2cc(-c3c4ccccc4c(-c4ccc(-c5cccc6ccccc56)c5ccccc45)c4ccccc34)c3c(c2)oc2cc4ccccc4cc23)cc1. The Balaban J connectivity index is 1.19. The molecule has 12 rings (SSSR count). The fraction of sp³-hybridized carbons (Fsp3) is 0. The molecule has 0 bridgehead atoms. The summed E-state index contributed by atoms with van der Waals surface area (Å²) in [5.74, 6) is 0. The Labute approximate surface area is 329 Å². The second kappa shape index (κ2) is 12.5. The van der Waals surface area contributed by atoms with Crippen LogP contribution in [-0.2, 0) is 0 Å². The number of furan rings is 1. The zero-order chi connectivity index (χ0) is 37.5. The first-order valence-electron chi connectivity index (χ1n) is 19.7. The third kappa shape index (κ3) is 4.89. The number of fused-ring (bicyclic) bond motifs is 8. The number of benzene rings is 11. The summed E-state index contributed by atoms with van der Waals surface area (Å²) in [5, 5.41) is 14.5. The van der Waals surface area contributed by atoms with Crippen LogP contribution in [0.15, 0.2) is 211 Å². The molecule has 0 aliphatic carbocycles. The van der Waals surface area contributed by atoms with Crippen molar-refractivity contribution in [3.05, 3.63) is 206 Å². The van der Waals surface area contributed by atoms with E-state index < -0.39 is 0 Å². The molecule has 0 fully saturated rings. The highest BCUT2D eigenvalue weighted by atomic mass is 16.3. The van der Waals surface area contributed by atoms with Crippen molar-refractivity contribution in [3.63, 3.8) is 0 Å². The van der Waals surface area contributed by atoms with Gasteiger partial charge in [-0.2, -0.15) is 0 Å². The predicted molar refractivity (Wildman–Crippen MR) is 243 cm³/mol. The Bertz CT molecular complexity index is 3510. The van der Waals surface area contributed by atoms with Gasteiger partial charge >= 0.3 is 0 Å². The predicted octanol–water partition coefficient (Wildman–Crippen LogP) is 16.0. The van der Waals surface area contributed by atoms with Crippen LogP contribution in [0.25, 0.3) is 120 Å². The molecule has 0 N–H and O–H groups in total. The molecule has 0 spiro atoms. The van der Waals surface area contributed by atoms with Crippen molar-refractivity contribution >= 4 is 75.8 Å². The Morgan fingerprint density at radius 1 is 0.246 bits per heavy atom. The van der Waals surface area contributed by atoms with Crippen molar-refractivity contribution in [2.24, 2.45) is 0 Å². The van der Waals surface area contributed by atoms with Gasteiger partial charge in [-0.1, -0.05) is 182 Å². The van der Waals surface area contributed by atoms with Gasteiger partial charge in [-0.05, 0) is 123 Å². The zero-order valence-corrected chi connectivity index (χ0v) is 31.0. The van der Waals surface area contributed by atoms with Gasteiger partial charge in [-0.25, -0.2) is 0 Å². The molecule has 0 radical (unpaired) electrons. The lowest BCUT2D eigenvalue weighted by Crippen LogP contribution is -1.93. The van der Waals surface area contributed by atoms with E-state index in [4.69, 9.17) is 4.42 Å². The summed E-state index contributed by atoms with van der Waals surface area (Å²) in [6, 6.07) is 75.3. The van der Waals surface area contributed by atoms with Gasteiger partial charge in [0.2, 0.25) is 0 Å². The zero-order valence-electron chi connectivity index (χ0n) is 31.0. The standard InChI is InChI=1S/C56H34O/c1-2-15-35(16-3-1)39-32-51(56-50-31-37-18-4-5-19-38(37)33-52(50)57-53(56)34-39)55-47-26-12-10-24-45(47)54(46-25-11-13-27-48(46)55)49-30-29-44(42-22-8-9-23-43(42)49)41-28-14-20-36-17-6-7-21-40(36)41/h1-34H. The molecule has 1 heteroatoms. The third-order valence-electron chi connectivity index (χ3n) is 12.0. The van der Waals surface area contributed by atoms with Crippen LogP contribution >= 0.6 is 0 Å². The Morgan fingerprint density at radius 2 is 0.737 bits per heavy atom. The molecule has 264 valence electrons. The topological polar surface area (TPSA) is 13.1 Å². The van der Waals surface area contributed by atoms with E-state index in [1.54, 1.807) is 0 Å². The highest BCUT2D eigenvalue weighted by molar-refractivity contribution is 6.28. The fourth-order valence-corrected chi connectivity index (χ4v) is 9.51. The van der Waals surface area contributed by atoms with Crippen LogP contribution in [0.5, 0.6) is 0 Å². The number of rotatable bonds is 4. The molecular weight excluding hydrogens is 689 g/mol. The summed E-state index contributed by atoms with van der Waals surface area (Å²) in [6.45, 7) is 0. The van der Waals surface area contributed by atoms with E-state index in [0.717, 1.165) is 33.1 Å². The maximum Gasteiger partial charge on any atom is 0.136 e. The highest BCUT2D eigenvalue weighted by Crippen LogP contribution is 2.50. The van der Waals surface area contributed by atoms with Crippen LogP contribution in [0.2, 0.25) is 0 Å². The van der Waals surface area contributed by atoms with Crippen LogP contribution in [0.4, 0.5) is 0 Å². The third-order valence-corrected chi connectivity index (χ3v) is 12.0. The highest BCUT2D eigenvalue weighted by Gasteiger charge is 2.23. The summed E-state index contributed by atoms with van der Waals surface area (Å²) >= 11 is 0. The van der Waals surface area contributed by atoms with Gasteiger partial charge < -0.3 is 4.42 Å². The first-order chi connectivity index (χ1) is 28.3. The lowest BCUT2D eigenvalue weighted by Gasteiger charge is -2.20. The maximum absolute atomic E-state index is 6.82. The van der Waals surface area contributed by atoms with Crippen molar-refractivity contribution in [1.82, 2.24) is 0 Å². The Morgan fingerprint density at radius 3 is 1.42 bits per heavy atom. The normalized spacial score (nSPS) is 11.9. The first kappa shape index (κ1) is 31.8. The first-order valence-corrected chi connectivity index (χ1v) is 19.7. The van der Waals surface area contributed by atoms with Gasteiger partial charge in [0.25, 0.3) is 0 Å². The van der Waals surface area contributed by atoms with E-state index in [9.17, 15) is 0 Å². The van der Waals surface area contributed by atoms with E-state index in [2.05, 4.69) is 206 Å². The molecule has 1 aromatic heterocycles. The van der Waals surface area contributed by atoms with E-state index in [1.807, 2.05) is 0 Å². The second-order valence-corrected chi connectivity index (χ2v) is 15.1. The molecule has 0 aliphatic heterocycles. The van der Waals surface area contributed by atoms with Crippen molar-refractivity contribution in [3.8, 4) is 44.5 Å². The smallest absolute Gasteiger partial charge is 0.136 e. The lowest BCUT2D eigenvalue weighted by atomic mass is 9.82. The summed E-state index contributed by atoms with van der Waals surface area (Å²) in [7, 11) is 0. The van der Waals surface area contributed by atoms with Crippen molar-refractivity contribution in [2.75, 3.05) is 0 Å². The van der Waals surface area contributed by atoms with Gasteiger partial charge in [0.05, 0.1) is 0 Å². The summed E-state index contributed by atoms with van der Waals surface area (Å²) < 4.78 is 6.82. The summed E-state index contributed by atoms with van der Waals surface area (Å²) in [4.78, 5) is 0. The number of hydrogen-bond acceptors (Lipinski definition) is 1. The molecule has 0 aliphatic rings. The van der Waals surface area contributed by atoms with Gasteiger partial charge in [0, 0.05) is 10.8 Å². The monoisotopic (exact) mass is 722 g/mol. The summed E-state index contributed by atoms with van der Waals surface area (Å²) in [5.41, 5.74) is 11.5. The average molecular weight is 723 g/mol. The van der Waals surface area contributed by atoms with Crippen molar-refractivity contribution < 1.29 is 4.42 Å². The van der Waals surface area contributed by atoms with Crippen LogP contribution in [0.1, 0.15) is 0 Å². The average Bonchev–Trinajstić information content (AvgIpc) is 3.64. The Hall–Kier alpha value is -7.48. The molecule has 0 amide bonds. The molecule has 12 aromatic rings. The minimum Gasteiger partial charge on any atom is -0.456 e. The minimum absolute atomic E-state index is 0.893. The fourth-order valence-electron chi connectivity index (χ4n) is 9.51. The quantitative estimate of drug-likeness (QED) is 0.165. The van der Waals surface area contributed by atoms with Gasteiger partial charge in [-0.15, -0.1) is 0 Å². The molecular formula is C56H34O.